The number of aromatic carboxylic acids is 1. The van der Waals surface area contributed by atoms with Gasteiger partial charge in [0.05, 0.1) is 30.2 Å². The van der Waals surface area contributed by atoms with E-state index in [1.54, 1.807) is 23.0 Å². The van der Waals surface area contributed by atoms with Gasteiger partial charge >= 0.3 is 5.97 Å². The molecule has 0 saturated heterocycles. The smallest absolute Gasteiger partial charge is 0.338 e. The van der Waals surface area contributed by atoms with Gasteiger partial charge in [-0.05, 0) is 17.7 Å². The lowest BCUT2D eigenvalue weighted by molar-refractivity contribution is -0.116. The summed E-state index contributed by atoms with van der Waals surface area (Å²) >= 11 is 12.0. The Hall–Kier alpha value is -2.84. The largest absolute Gasteiger partial charge is 0.478 e. The van der Waals surface area contributed by atoms with E-state index in [4.69, 9.17) is 28.3 Å². The van der Waals surface area contributed by atoms with E-state index < -0.39 is 5.97 Å². The SMILES string of the molecule is O=C(CCn1cc(C(=O)O)cn1)Nc1cnn(Cc2ccc(Cl)cc2Cl)c1. The van der Waals surface area contributed by atoms with Gasteiger partial charge in [0.15, 0.2) is 0 Å². The maximum absolute atomic E-state index is 12.0. The number of carboxylic acids is 1. The summed E-state index contributed by atoms with van der Waals surface area (Å²) in [6, 6.07) is 5.23. The van der Waals surface area contributed by atoms with Crippen LogP contribution in [-0.2, 0) is 17.9 Å². The van der Waals surface area contributed by atoms with Gasteiger partial charge < -0.3 is 10.4 Å². The van der Waals surface area contributed by atoms with Crippen LogP contribution in [0.1, 0.15) is 22.3 Å². The van der Waals surface area contributed by atoms with E-state index in [1.165, 1.54) is 23.3 Å². The summed E-state index contributed by atoms with van der Waals surface area (Å²) in [6.07, 6.45) is 6.00. The third-order valence-electron chi connectivity index (χ3n) is 3.71. The first-order valence-corrected chi connectivity index (χ1v) is 8.68. The molecule has 140 valence electrons. The Balaban J connectivity index is 1.53. The first kappa shape index (κ1) is 18.9. The predicted octanol–water partition coefficient (Wildman–Crippen LogP) is 3.16. The van der Waals surface area contributed by atoms with Gasteiger partial charge in [-0.1, -0.05) is 29.3 Å². The van der Waals surface area contributed by atoms with Crippen molar-refractivity contribution in [2.45, 2.75) is 19.5 Å². The number of carboxylic acid groups (broad SMARTS) is 1. The fourth-order valence-electron chi connectivity index (χ4n) is 2.37. The van der Waals surface area contributed by atoms with Crippen LogP contribution in [0, 0.1) is 0 Å². The van der Waals surface area contributed by atoms with Crippen LogP contribution in [0.2, 0.25) is 10.0 Å². The number of aromatic nitrogens is 4. The molecular formula is C17H15Cl2N5O3. The summed E-state index contributed by atoms with van der Waals surface area (Å²) in [7, 11) is 0. The summed E-state index contributed by atoms with van der Waals surface area (Å²) in [4.78, 5) is 22.9. The number of rotatable bonds is 7. The fraction of sp³-hybridized carbons (Fsp3) is 0.176. The minimum absolute atomic E-state index is 0.0811. The number of nitrogens with one attached hydrogen (secondary N) is 1. The molecule has 3 aromatic rings. The Morgan fingerprint density at radius 3 is 2.59 bits per heavy atom. The molecule has 0 spiro atoms. The minimum Gasteiger partial charge on any atom is -0.478 e. The van der Waals surface area contributed by atoms with E-state index in [2.05, 4.69) is 15.5 Å². The number of carbonyl (C=O) groups excluding carboxylic acids is 1. The number of benzene rings is 1. The second-order valence-electron chi connectivity index (χ2n) is 5.76. The van der Waals surface area contributed by atoms with Crippen molar-refractivity contribution in [3.63, 3.8) is 0 Å². The highest BCUT2D eigenvalue weighted by molar-refractivity contribution is 6.35. The maximum Gasteiger partial charge on any atom is 0.338 e. The van der Waals surface area contributed by atoms with Crippen molar-refractivity contribution in [2.24, 2.45) is 0 Å². The van der Waals surface area contributed by atoms with Crippen LogP contribution < -0.4 is 5.32 Å². The van der Waals surface area contributed by atoms with Crippen molar-refractivity contribution in [1.29, 1.82) is 0 Å². The van der Waals surface area contributed by atoms with Crippen LogP contribution in [0.3, 0.4) is 0 Å². The third-order valence-corrected chi connectivity index (χ3v) is 4.30. The monoisotopic (exact) mass is 407 g/mol. The average molecular weight is 408 g/mol. The first-order valence-electron chi connectivity index (χ1n) is 7.92. The van der Waals surface area contributed by atoms with Gasteiger partial charge in [-0.15, -0.1) is 0 Å². The topological polar surface area (TPSA) is 102 Å². The number of halogens is 2. The quantitative estimate of drug-likeness (QED) is 0.625. The summed E-state index contributed by atoms with van der Waals surface area (Å²) < 4.78 is 3.06. The zero-order valence-corrected chi connectivity index (χ0v) is 15.5. The maximum atomic E-state index is 12.0. The van der Waals surface area contributed by atoms with Crippen LogP contribution in [0.25, 0.3) is 0 Å². The number of carbonyl (C=O) groups is 2. The molecule has 0 saturated carbocycles. The molecule has 0 atom stereocenters. The number of aryl methyl sites for hydroxylation is 1. The molecule has 3 rings (SSSR count). The molecule has 0 aliphatic rings. The highest BCUT2D eigenvalue weighted by atomic mass is 35.5. The lowest BCUT2D eigenvalue weighted by atomic mass is 10.2. The molecule has 0 radical (unpaired) electrons. The van der Waals surface area contributed by atoms with E-state index in [9.17, 15) is 9.59 Å². The molecule has 27 heavy (non-hydrogen) atoms. The highest BCUT2D eigenvalue weighted by Gasteiger charge is 2.09. The Labute approximate surface area is 164 Å². The Kier molecular flexibility index (Phi) is 5.78. The van der Waals surface area contributed by atoms with Gasteiger partial charge in [-0.2, -0.15) is 10.2 Å². The zero-order valence-electron chi connectivity index (χ0n) is 14.0. The molecule has 0 aliphatic carbocycles. The first-order chi connectivity index (χ1) is 12.9. The van der Waals surface area contributed by atoms with Gasteiger partial charge in [0.25, 0.3) is 0 Å². The Morgan fingerprint density at radius 2 is 1.89 bits per heavy atom. The zero-order chi connectivity index (χ0) is 19.4. The highest BCUT2D eigenvalue weighted by Crippen LogP contribution is 2.22. The van der Waals surface area contributed by atoms with Gasteiger partial charge in [0.1, 0.15) is 0 Å². The van der Waals surface area contributed by atoms with E-state index in [0.717, 1.165) is 5.56 Å². The van der Waals surface area contributed by atoms with Crippen molar-refractivity contribution in [2.75, 3.05) is 5.32 Å². The predicted molar refractivity (Wildman–Crippen MR) is 100 cm³/mol. The minimum atomic E-state index is -1.06. The summed E-state index contributed by atoms with van der Waals surface area (Å²) in [5.41, 5.74) is 1.49. The molecule has 0 unspecified atom stereocenters. The van der Waals surface area contributed by atoms with Crippen LogP contribution in [0.4, 0.5) is 5.69 Å². The summed E-state index contributed by atoms with van der Waals surface area (Å²) in [5, 5.41) is 20.8. The van der Waals surface area contributed by atoms with Crippen LogP contribution in [-0.4, -0.2) is 36.5 Å². The Bertz CT molecular complexity index is 983. The molecular weight excluding hydrogens is 393 g/mol. The molecule has 2 N–H and O–H groups in total. The average Bonchev–Trinajstić information content (AvgIpc) is 3.25. The second-order valence-corrected chi connectivity index (χ2v) is 6.60. The molecule has 2 heterocycles. The normalized spacial score (nSPS) is 10.7. The molecule has 10 heteroatoms. The number of nitrogens with zero attached hydrogens (tertiary/aromatic N) is 4. The summed E-state index contributed by atoms with van der Waals surface area (Å²) in [5.74, 6) is -1.29. The fourth-order valence-corrected chi connectivity index (χ4v) is 2.84. The molecule has 0 bridgehead atoms. The van der Waals surface area contributed by atoms with Crippen molar-refractivity contribution >= 4 is 40.8 Å². The number of hydrogen-bond donors (Lipinski definition) is 2. The lowest BCUT2D eigenvalue weighted by Gasteiger charge is -2.05. The Morgan fingerprint density at radius 1 is 1.11 bits per heavy atom. The lowest BCUT2D eigenvalue weighted by Crippen LogP contribution is -2.14. The van der Waals surface area contributed by atoms with Crippen LogP contribution in [0.5, 0.6) is 0 Å². The van der Waals surface area contributed by atoms with Crippen LogP contribution >= 0.6 is 23.2 Å². The third kappa shape index (κ3) is 5.08. The standard InChI is InChI=1S/C17H15Cl2N5O3/c18-13-2-1-11(15(19)5-13)8-24-10-14(7-21-24)22-16(25)3-4-23-9-12(6-20-23)17(26)27/h1-2,5-7,9-10H,3-4,8H2,(H,22,25)(H,26,27). The van der Waals surface area contributed by atoms with Crippen molar-refractivity contribution in [1.82, 2.24) is 19.6 Å². The second kappa shape index (κ2) is 8.24. The number of amides is 1. The molecule has 2 aromatic heterocycles. The molecule has 1 amide bonds. The van der Waals surface area contributed by atoms with Crippen molar-refractivity contribution in [3.05, 3.63) is 64.2 Å². The molecule has 8 nitrogen and oxygen atoms in total. The van der Waals surface area contributed by atoms with Crippen molar-refractivity contribution in [3.8, 4) is 0 Å². The van der Waals surface area contributed by atoms with E-state index in [1.807, 2.05) is 6.07 Å². The van der Waals surface area contributed by atoms with Crippen LogP contribution in [0.15, 0.2) is 43.0 Å². The number of anilines is 1. The van der Waals surface area contributed by atoms with Gasteiger partial charge in [-0.25, -0.2) is 4.79 Å². The molecule has 0 aliphatic heterocycles. The van der Waals surface area contributed by atoms with E-state index in [0.29, 0.717) is 22.3 Å². The molecule has 1 aromatic carbocycles. The van der Waals surface area contributed by atoms with Gasteiger partial charge in [-0.3, -0.25) is 14.2 Å². The van der Waals surface area contributed by atoms with E-state index in [-0.39, 0.29) is 24.4 Å². The van der Waals surface area contributed by atoms with Crippen molar-refractivity contribution < 1.29 is 14.7 Å². The van der Waals surface area contributed by atoms with Gasteiger partial charge in [0, 0.05) is 35.4 Å². The van der Waals surface area contributed by atoms with Gasteiger partial charge in [0.2, 0.25) is 5.91 Å². The van der Waals surface area contributed by atoms with E-state index >= 15 is 0 Å². The molecule has 0 fully saturated rings. The summed E-state index contributed by atoms with van der Waals surface area (Å²) in [6.45, 7) is 0.713. The number of hydrogen-bond acceptors (Lipinski definition) is 4.